The summed E-state index contributed by atoms with van der Waals surface area (Å²) in [6.45, 7) is 4.76. The number of nitrogens with zero attached hydrogens (tertiary/aromatic N) is 3. The zero-order chi connectivity index (χ0) is 18.3. The predicted molar refractivity (Wildman–Crippen MR) is 104 cm³/mol. The number of aromatic nitrogens is 3. The minimum atomic E-state index is -0.186. The maximum Gasteiger partial charge on any atom is 0.258 e. The topological polar surface area (TPSA) is 59.8 Å². The molecule has 0 saturated carbocycles. The van der Waals surface area contributed by atoms with Crippen LogP contribution in [0.2, 0.25) is 5.02 Å². The van der Waals surface area contributed by atoms with Crippen molar-refractivity contribution in [1.82, 2.24) is 14.5 Å². The second-order valence-corrected chi connectivity index (χ2v) is 7.30. The van der Waals surface area contributed by atoms with E-state index in [-0.39, 0.29) is 5.91 Å². The third-order valence-electron chi connectivity index (χ3n) is 4.87. The van der Waals surface area contributed by atoms with Gasteiger partial charge in [0.2, 0.25) is 0 Å². The molecule has 4 rings (SSSR count). The fourth-order valence-corrected chi connectivity index (χ4v) is 3.64. The second-order valence-electron chi connectivity index (χ2n) is 6.89. The zero-order valence-electron chi connectivity index (χ0n) is 15.0. The Hall–Kier alpha value is -2.40. The monoisotopic (exact) mass is 368 g/mol. The first-order chi connectivity index (χ1) is 12.5. The summed E-state index contributed by atoms with van der Waals surface area (Å²) in [7, 11) is 0. The number of carbonyl (C=O) groups is 1. The highest BCUT2D eigenvalue weighted by atomic mass is 35.5. The number of hydrogen-bond donors (Lipinski definition) is 1. The summed E-state index contributed by atoms with van der Waals surface area (Å²) in [5, 5.41) is 3.57. The molecule has 6 heteroatoms. The van der Waals surface area contributed by atoms with Crippen molar-refractivity contribution in [3.8, 4) is 0 Å². The molecule has 134 valence electrons. The Bertz CT molecular complexity index is 1010. The summed E-state index contributed by atoms with van der Waals surface area (Å²) < 4.78 is 2.18. The van der Waals surface area contributed by atoms with E-state index in [4.69, 9.17) is 16.6 Å². The van der Waals surface area contributed by atoms with Gasteiger partial charge in [0.05, 0.1) is 5.56 Å². The summed E-state index contributed by atoms with van der Waals surface area (Å²) >= 11 is 6.17. The van der Waals surface area contributed by atoms with E-state index >= 15 is 0 Å². The SMILES string of the molecule is Cc1cc(C(=O)Nc2ccc(C)c(Cl)c2)c2nc3n(c2n1)CCCCC3. The molecule has 0 spiro atoms. The van der Waals surface area contributed by atoms with Crippen LogP contribution in [0.25, 0.3) is 11.2 Å². The summed E-state index contributed by atoms with van der Waals surface area (Å²) in [6.07, 6.45) is 4.39. The normalized spacial score (nSPS) is 14.1. The molecule has 5 nitrogen and oxygen atoms in total. The number of hydrogen-bond acceptors (Lipinski definition) is 3. The number of pyridine rings is 1. The van der Waals surface area contributed by atoms with E-state index in [1.54, 1.807) is 12.1 Å². The summed E-state index contributed by atoms with van der Waals surface area (Å²) in [4.78, 5) is 22.4. The lowest BCUT2D eigenvalue weighted by Crippen LogP contribution is -2.13. The van der Waals surface area contributed by atoms with Gasteiger partial charge < -0.3 is 9.88 Å². The third kappa shape index (κ3) is 3.07. The Labute approximate surface area is 157 Å². The van der Waals surface area contributed by atoms with Crippen molar-refractivity contribution in [3.63, 3.8) is 0 Å². The van der Waals surface area contributed by atoms with Gasteiger partial charge in [0.15, 0.2) is 5.65 Å². The number of amides is 1. The first-order valence-corrected chi connectivity index (χ1v) is 9.35. The Morgan fingerprint density at radius 3 is 2.81 bits per heavy atom. The highest BCUT2D eigenvalue weighted by Gasteiger charge is 2.21. The molecule has 0 atom stereocenters. The second kappa shape index (κ2) is 6.72. The first-order valence-electron chi connectivity index (χ1n) is 8.97. The van der Waals surface area contributed by atoms with Gasteiger partial charge in [0, 0.05) is 29.4 Å². The summed E-state index contributed by atoms with van der Waals surface area (Å²) in [5.74, 6) is 0.844. The van der Waals surface area contributed by atoms with Gasteiger partial charge in [-0.05, 0) is 50.5 Å². The number of rotatable bonds is 2. The van der Waals surface area contributed by atoms with E-state index in [2.05, 4.69) is 14.9 Å². The zero-order valence-corrected chi connectivity index (χ0v) is 15.7. The van der Waals surface area contributed by atoms with Crippen LogP contribution in [0.1, 0.15) is 46.7 Å². The fourth-order valence-electron chi connectivity index (χ4n) is 3.46. The molecule has 0 saturated heterocycles. The number of anilines is 1. The molecule has 3 aromatic rings. The van der Waals surface area contributed by atoms with E-state index in [0.717, 1.165) is 48.5 Å². The maximum absolute atomic E-state index is 12.9. The molecule has 1 aliphatic rings. The van der Waals surface area contributed by atoms with Crippen LogP contribution in [0, 0.1) is 13.8 Å². The first kappa shape index (κ1) is 17.0. The van der Waals surface area contributed by atoms with Gasteiger partial charge in [0.1, 0.15) is 11.3 Å². The maximum atomic E-state index is 12.9. The number of aryl methyl sites for hydroxylation is 4. The fraction of sp³-hybridized carbons (Fsp3) is 0.350. The van der Waals surface area contributed by atoms with Gasteiger partial charge in [-0.3, -0.25) is 4.79 Å². The van der Waals surface area contributed by atoms with E-state index in [0.29, 0.717) is 21.8 Å². The van der Waals surface area contributed by atoms with Crippen LogP contribution in [0.4, 0.5) is 5.69 Å². The molecule has 3 heterocycles. The highest BCUT2D eigenvalue weighted by molar-refractivity contribution is 6.31. The highest BCUT2D eigenvalue weighted by Crippen LogP contribution is 2.25. The van der Waals surface area contributed by atoms with Crippen LogP contribution in [-0.4, -0.2) is 20.4 Å². The Morgan fingerprint density at radius 1 is 1.15 bits per heavy atom. The molecule has 0 bridgehead atoms. The molecule has 0 fully saturated rings. The third-order valence-corrected chi connectivity index (χ3v) is 5.27. The molecule has 2 aromatic heterocycles. The average molecular weight is 369 g/mol. The molecular weight excluding hydrogens is 348 g/mol. The summed E-state index contributed by atoms with van der Waals surface area (Å²) in [6, 6.07) is 7.32. The average Bonchev–Trinajstić information content (AvgIpc) is 2.79. The van der Waals surface area contributed by atoms with Gasteiger partial charge in [-0.15, -0.1) is 0 Å². The Kier molecular flexibility index (Phi) is 4.41. The standard InChI is InChI=1S/C20H21ClN4O/c1-12-7-8-14(11-16(12)21)23-20(26)15-10-13(2)22-19-18(15)24-17-6-4-3-5-9-25(17)19/h7-8,10-11H,3-6,9H2,1-2H3,(H,23,26). The number of halogens is 1. The van der Waals surface area contributed by atoms with Crippen LogP contribution < -0.4 is 5.32 Å². The molecule has 1 aliphatic heterocycles. The van der Waals surface area contributed by atoms with E-state index in [1.165, 1.54) is 6.42 Å². The van der Waals surface area contributed by atoms with Gasteiger partial charge in [0.25, 0.3) is 5.91 Å². The van der Waals surface area contributed by atoms with Crippen molar-refractivity contribution in [2.75, 3.05) is 5.32 Å². The van der Waals surface area contributed by atoms with Crippen LogP contribution in [-0.2, 0) is 13.0 Å². The van der Waals surface area contributed by atoms with E-state index < -0.39 is 0 Å². The molecule has 1 aromatic carbocycles. The van der Waals surface area contributed by atoms with Crippen molar-refractivity contribution in [2.45, 2.75) is 46.1 Å². The molecule has 1 amide bonds. The molecule has 0 radical (unpaired) electrons. The summed E-state index contributed by atoms with van der Waals surface area (Å²) in [5.41, 5.74) is 4.53. The number of imidazole rings is 1. The van der Waals surface area contributed by atoms with Gasteiger partial charge in [-0.25, -0.2) is 9.97 Å². The molecule has 1 N–H and O–H groups in total. The quantitative estimate of drug-likeness (QED) is 0.714. The lowest BCUT2D eigenvalue weighted by Gasteiger charge is -2.09. The van der Waals surface area contributed by atoms with Crippen LogP contribution >= 0.6 is 11.6 Å². The molecular formula is C20H21ClN4O. The Balaban J connectivity index is 1.75. The molecule has 26 heavy (non-hydrogen) atoms. The van der Waals surface area contributed by atoms with Crippen molar-refractivity contribution in [3.05, 3.63) is 51.9 Å². The largest absolute Gasteiger partial charge is 0.322 e. The smallest absolute Gasteiger partial charge is 0.258 e. The van der Waals surface area contributed by atoms with Crippen LogP contribution in [0.3, 0.4) is 0 Å². The molecule has 0 unspecified atom stereocenters. The number of benzene rings is 1. The lowest BCUT2D eigenvalue weighted by atomic mass is 10.1. The predicted octanol–water partition coefficient (Wildman–Crippen LogP) is 4.68. The Morgan fingerprint density at radius 2 is 2.00 bits per heavy atom. The van der Waals surface area contributed by atoms with E-state index in [1.807, 2.05) is 26.0 Å². The van der Waals surface area contributed by atoms with Crippen molar-refractivity contribution in [1.29, 1.82) is 0 Å². The van der Waals surface area contributed by atoms with Crippen molar-refractivity contribution in [2.24, 2.45) is 0 Å². The van der Waals surface area contributed by atoms with Crippen LogP contribution in [0.15, 0.2) is 24.3 Å². The van der Waals surface area contributed by atoms with Crippen molar-refractivity contribution >= 4 is 34.4 Å². The van der Waals surface area contributed by atoms with Gasteiger partial charge in [-0.2, -0.15) is 0 Å². The van der Waals surface area contributed by atoms with Gasteiger partial charge >= 0.3 is 0 Å². The lowest BCUT2D eigenvalue weighted by molar-refractivity contribution is 0.102. The van der Waals surface area contributed by atoms with E-state index in [9.17, 15) is 4.79 Å². The minimum absolute atomic E-state index is 0.186. The van der Waals surface area contributed by atoms with Crippen molar-refractivity contribution < 1.29 is 4.79 Å². The van der Waals surface area contributed by atoms with Gasteiger partial charge in [-0.1, -0.05) is 24.1 Å². The minimum Gasteiger partial charge on any atom is -0.322 e. The molecule has 0 aliphatic carbocycles. The van der Waals surface area contributed by atoms with Crippen LogP contribution in [0.5, 0.6) is 0 Å². The number of nitrogens with one attached hydrogen (secondary N) is 1. The number of fused-ring (bicyclic) bond motifs is 3. The number of carbonyl (C=O) groups excluding carboxylic acids is 1.